The largest absolute Gasteiger partial charge is 0.493 e. The minimum atomic E-state index is -0.831. The highest BCUT2D eigenvalue weighted by molar-refractivity contribution is 5.69. The van der Waals surface area contributed by atoms with Crippen molar-refractivity contribution in [3.8, 4) is 28.7 Å². The summed E-state index contributed by atoms with van der Waals surface area (Å²) in [6.45, 7) is 2.06. The van der Waals surface area contributed by atoms with Crippen LogP contribution in [0.3, 0.4) is 0 Å². The Balaban J connectivity index is 1.78. The van der Waals surface area contributed by atoms with E-state index in [0.29, 0.717) is 61.0 Å². The molecule has 0 saturated heterocycles. The van der Waals surface area contributed by atoms with Crippen LogP contribution in [0, 0.1) is 0 Å². The van der Waals surface area contributed by atoms with E-state index in [2.05, 4.69) is 19.2 Å². The van der Waals surface area contributed by atoms with Crippen LogP contribution in [-0.4, -0.2) is 83.8 Å². The molecule has 1 aliphatic heterocycles. The monoisotopic (exact) mass is 600 g/mol. The van der Waals surface area contributed by atoms with Gasteiger partial charge in [0, 0.05) is 37.7 Å². The third-order valence-corrected chi connectivity index (χ3v) is 8.09. The molecule has 236 valence electrons. The molecule has 2 atom stereocenters. The summed E-state index contributed by atoms with van der Waals surface area (Å²) in [5.74, 6) is 2.10. The minimum absolute atomic E-state index is 0.0815. The molecule has 0 spiro atoms. The Morgan fingerprint density at radius 1 is 0.860 bits per heavy atom. The number of fused-ring (bicyclic) bond motifs is 1. The van der Waals surface area contributed by atoms with E-state index in [4.69, 9.17) is 33.5 Å². The molecule has 0 bridgehead atoms. The van der Waals surface area contributed by atoms with Crippen LogP contribution in [0.15, 0.2) is 36.4 Å². The van der Waals surface area contributed by atoms with E-state index in [1.807, 2.05) is 18.2 Å². The van der Waals surface area contributed by atoms with Crippen LogP contribution >= 0.6 is 0 Å². The number of methoxy groups -OCH3 is 5. The van der Waals surface area contributed by atoms with Crippen molar-refractivity contribution in [1.29, 1.82) is 0 Å². The summed E-state index contributed by atoms with van der Waals surface area (Å²) in [7, 11) is 10.4. The molecule has 0 fully saturated rings. The molecule has 2 aromatic rings. The highest BCUT2D eigenvalue weighted by Crippen LogP contribution is 2.44. The van der Waals surface area contributed by atoms with Crippen molar-refractivity contribution in [2.45, 2.75) is 51.0 Å². The van der Waals surface area contributed by atoms with Crippen molar-refractivity contribution in [3.05, 3.63) is 53.1 Å². The molecule has 2 aromatic carbocycles. The number of likely N-dealkylation sites (N-methyl/N-ethyl adjacent to an activating group) is 1. The topological polar surface area (TPSA) is 110 Å². The summed E-state index contributed by atoms with van der Waals surface area (Å²) in [5, 5.41) is 8.70. The predicted octanol–water partition coefficient (Wildman–Crippen LogP) is 5.15. The molecule has 0 aliphatic carbocycles. The number of benzene rings is 2. The quantitative estimate of drug-likeness (QED) is 0.114. The Kier molecular flexibility index (Phi) is 12.5. The Labute approximate surface area is 254 Å². The number of rotatable bonds is 17. The van der Waals surface area contributed by atoms with Gasteiger partial charge in [-0.2, -0.15) is 0 Å². The second kappa shape index (κ2) is 16.1. The lowest BCUT2D eigenvalue weighted by Gasteiger charge is -2.46. The van der Waals surface area contributed by atoms with Gasteiger partial charge < -0.3 is 38.0 Å². The van der Waals surface area contributed by atoms with Gasteiger partial charge in [-0.25, -0.2) is 0 Å². The van der Waals surface area contributed by atoms with Crippen molar-refractivity contribution in [2.24, 2.45) is 0 Å². The molecule has 0 amide bonds. The number of esters is 1. The maximum atomic E-state index is 12.3. The fourth-order valence-electron chi connectivity index (χ4n) is 5.73. The maximum absolute atomic E-state index is 12.3. The average molecular weight is 601 g/mol. The number of carboxylic acid groups (broad SMARTS) is 1. The zero-order chi connectivity index (χ0) is 31.4. The molecule has 0 saturated carbocycles. The fraction of sp³-hybridized carbons (Fsp3) is 0.515. The van der Waals surface area contributed by atoms with Crippen LogP contribution < -0.4 is 23.7 Å². The summed E-state index contributed by atoms with van der Waals surface area (Å²) in [6, 6.07) is 8.25. The first-order chi connectivity index (χ1) is 20.7. The zero-order valence-corrected chi connectivity index (χ0v) is 26.3. The Morgan fingerprint density at radius 3 is 2.05 bits per heavy atom. The molecule has 0 aromatic heterocycles. The minimum Gasteiger partial charge on any atom is -0.493 e. The summed E-state index contributed by atoms with van der Waals surface area (Å²) in [5.41, 5.74) is 3.48. The number of nitrogens with zero attached hydrogens (tertiary/aromatic N) is 1. The lowest BCUT2D eigenvalue weighted by molar-refractivity contribution is -0.941. The summed E-state index contributed by atoms with van der Waals surface area (Å²) >= 11 is 0. The second-order valence-electron chi connectivity index (χ2n) is 10.9. The molecular formula is C33H46NO9+. The highest BCUT2D eigenvalue weighted by Gasteiger charge is 2.40. The third-order valence-electron chi connectivity index (χ3n) is 8.09. The number of carbonyl (C=O) groups is 2. The first-order valence-corrected chi connectivity index (χ1v) is 14.6. The number of quaternary nitrogens is 1. The SMILES string of the molecule is COc1cc2c(cc1OC)[C@@H](Cc1cc(OC)c(OC)c(OC)c1)[N+](C)(CCCOC(=O)CC/C=C/CCC(=O)O)CC2. The van der Waals surface area contributed by atoms with Crippen molar-refractivity contribution >= 4 is 11.9 Å². The fourth-order valence-corrected chi connectivity index (χ4v) is 5.73. The summed E-state index contributed by atoms with van der Waals surface area (Å²) in [4.78, 5) is 22.9. The molecule has 1 aliphatic rings. The molecule has 1 heterocycles. The number of carboxylic acids is 1. The lowest BCUT2D eigenvalue weighted by Crippen LogP contribution is -2.52. The van der Waals surface area contributed by atoms with Gasteiger partial charge in [0.25, 0.3) is 0 Å². The van der Waals surface area contributed by atoms with Crippen LogP contribution in [0.2, 0.25) is 0 Å². The predicted molar refractivity (Wildman–Crippen MR) is 163 cm³/mol. The average Bonchev–Trinajstić information content (AvgIpc) is 3.01. The van der Waals surface area contributed by atoms with Gasteiger partial charge >= 0.3 is 11.9 Å². The van der Waals surface area contributed by atoms with Gasteiger partial charge in [0.1, 0.15) is 6.04 Å². The molecule has 3 rings (SSSR count). The highest BCUT2D eigenvalue weighted by atomic mass is 16.5. The number of hydrogen-bond acceptors (Lipinski definition) is 8. The van der Waals surface area contributed by atoms with Gasteiger partial charge in [0.05, 0.1) is 62.3 Å². The Bertz CT molecular complexity index is 1250. The first kappa shape index (κ1) is 33.6. The molecule has 10 nitrogen and oxygen atoms in total. The number of hydrogen-bond donors (Lipinski definition) is 1. The molecule has 1 unspecified atom stereocenters. The number of aliphatic carboxylic acids is 1. The van der Waals surface area contributed by atoms with E-state index in [0.717, 1.165) is 29.6 Å². The van der Waals surface area contributed by atoms with Crippen molar-refractivity contribution in [1.82, 2.24) is 0 Å². The normalized spacial score (nSPS) is 17.7. The molecule has 10 heteroatoms. The standard InChI is InChI=1S/C33H45NO9/c1-34(15-11-17-43-32(37)13-10-8-7-9-12-31(35)36)16-14-24-21-27(38-2)28(39-3)22-25(24)26(34)18-23-19-29(40-4)33(42-6)30(20-23)41-5/h7-8,19-22,26H,9-18H2,1-6H3/p+1/b8-7+/t26-,34?/m1/s1. The molecular weight excluding hydrogens is 554 g/mol. The molecule has 1 N–H and O–H groups in total. The van der Waals surface area contributed by atoms with Crippen molar-refractivity contribution in [2.75, 3.05) is 62.3 Å². The zero-order valence-electron chi connectivity index (χ0n) is 26.3. The molecule has 0 radical (unpaired) electrons. The number of ether oxygens (including phenoxy) is 6. The van der Waals surface area contributed by atoms with Crippen molar-refractivity contribution in [3.63, 3.8) is 0 Å². The van der Waals surface area contributed by atoms with Crippen molar-refractivity contribution < 1.29 is 47.6 Å². The van der Waals surface area contributed by atoms with E-state index in [1.165, 1.54) is 11.1 Å². The van der Waals surface area contributed by atoms with Crippen LogP contribution in [0.1, 0.15) is 54.8 Å². The van der Waals surface area contributed by atoms with Gasteiger partial charge in [0.2, 0.25) is 5.75 Å². The maximum Gasteiger partial charge on any atom is 0.306 e. The van der Waals surface area contributed by atoms with E-state index in [9.17, 15) is 9.59 Å². The van der Waals surface area contributed by atoms with Crippen LogP contribution in [-0.2, 0) is 27.2 Å². The number of allylic oxidation sites excluding steroid dienone is 2. The smallest absolute Gasteiger partial charge is 0.306 e. The van der Waals surface area contributed by atoms with E-state index >= 15 is 0 Å². The lowest BCUT2D eigenvalue weighted by atomic mass is 9.86. The van der Waals surface area contributed by atoms with Gasteiger partial charge in [-0.15, -0.1) is 0 Å². The molecule has 43 heavy (non-hydrogen) atoms. The Hall–Kier alpha value is -3.92. The van der Waals surface area contributed by atoms with Crippen LogP contribution in [0.4, 0.5) is 0 Å². The van der Waals surface area contributed by atoms with Crippen LogP contribution in [0.25, 0.3) is 0 Å². The second-order valence-corrected chi connectivity index (χ2v) is 10.9. The number of carbonyl (C=O) groups excluding carboxylic acids is 1. The summed E-state index contributed by atoms with van der Waals surface area (Å²) in [6.07, 6.45) is 7.28. The van der Waals surface area contributed by atoms with E-state index in [1.54, 1.807) is 41.6 Å². The van der Waals surface area contributed by atoms with Crippen LogP contribution in [0.5, 0.6) is 28.7 Å². The summed E-state index contributed by atoms with van der Waals surface area (Å²) < 4.78 is 34.4. The Morgan fingerprint density at radius 2 is 1.47 bits per heavy atom. The van der Waals surface area contributed by atoms with Gasteiger partial charge in [-0.05, 0) is 48.2 Å². The van der Waals surface area contributed by atoms with Gasteiger partial charge in [0.15, 0.2) is 23.0 Å². The van der Waals surface area contributed by atoms with E-state index in [-0.39, 0.29) is 24.9 Å². The van der Waals surface area contributed by atoms with Gasteiger partial charge in [-0.3, -0.25) is 9.59 Å². The first-order valence-electron chi connectivity index (χ1n) is 14.6. The third kappa shape index (κ3) is 8.79. The van der Waals surface area contributed by atoms with Gasteiger partial charge in [-0.1, -0.05) is 12.2 Å². The van der Waals surface area contributed by atoms with E-state index < -0.39 is 5.97 Å².